The standard InChI is InChI=1S/C20H18F3N3S/c1-3-10-26-18(16-8-4-6-14(2)11-16)24-25-19(26)27-13-15-7-5-9-17(12-15)20(21,22)23/h3-9,11-12H,1,10,13H2,2H3. The van der Waals surface area contributed by atoms with Gasteiger partial charge in [-0.1, -0.05) is 59.8 Å². The zero-order valence-electron chi connectivity index (χ0n) is 14.7. The number of aromatic nitrogens is 3. The van der Waals surface area contributed by atoms with E-state index in [2.05, 4.69) is 16.8 Å². The van der Waals surface area contributed by atoms with Crippen molar-refractivity contribution in [1.29, 1.82) is 0 Å². The Kier molecular flexibility index (Phi) is 5.70. The molecule has 0 bridgehead atoms. The van der Waals surface area contributed by atoms with Crippen LogP contribution >= 0.6 is 11.8 Å². The Bertz CT molecular complexity index is 948. The summed E-state index contributed by atoms with van der Waals surface area (Å²) in [4.78, 5) is 0. The Balaban J connectivity index is 1.84. The van der Waals surface area contributed by atoms with Crippen LogP contribution in [0.5, 0.6) is 0 Å². The second kappa shape index (κ2) is 8.00. The molecule has 3 nitrogen and oxygen atoms in total. The maximum absolute atomic E-state index is 12.9. The van der Waals surface area contributed by atoms with Gasteiger partial charge >= 0.3 is 6.18 Å². The van der Waals surface area contributed by atoms with Crippen molar-refractivity contribution in [3.63, 3.8) is 0 Å². The van der Waals surface area contributed by atoms with E-state index in [4.69, 9.17) is 0 Å². The Morgan fingerprint density at radius 3 is 2.59 bits per heavy atom. The summed E-state index contributed by atoms with van der Waals surface area (Å²) in [7, 11) is 0. The average molecular weight is 389 g/mol. The summed E-state index contributed by atoms with van der Waals surface area (Å²) in [5.74, 6) is 1.08. The molecule has 0 amide bonds. The molecule has 0 atom stereocenters. The summed E-state index contributed by atoms with van der Waals surface area (Å²) in [5.41, 5.74) is 1.99. The Labute approximate surface area is 159 Å². The van der Waals surface area contributed by atoms with Crippen molar-refractivity contribution in [3.8, 4) is 11.4 Å². The molecule has 3 aromatic rings. The Morgan fingerprint density at radius 2 is 1.89 bits per heavy atom. The number of alkyl halides is 3. The van der Waals surface area contributed by atoms with E-state index in [1.54, 1.807) is 12.1 Å². The molecular formula is C20H18F3N3S. The van der Waals surface area contributed by atoms with Crippen LogP contribution < -0.4 is 0 Å². The zero-order chi connectivity index (χ0) is 19.4. The fourth-order valence-electron chi connectivity index (χ4n) is 2.67. The number of hydrogen-bond acceptors (Lipinski definition) is 3. The molecule has 0 aliphatic heterocycles. The number of nitrogens with zero attached hydrogens (tertiary/aromatic N) is 3. The minimum absolute atomic E-state index is 0.368. The molecular weight excluding hydrogens is 371 g/mol. The van der Waals surface area contributed by atoms with Gasteiger partial charge in [0.25, 0.3) is 0 Å². The van der Waals surface area contributed by atoms with Crippen LogP contribution in [0.15, 0.2) is 66.3 Å². The number of aryl methyl sites for hydroxylation is 1. The van der Waals surface area contributed by atoms with E-state index in [0.29, 0.717) is 28.8 Å². The summed E-state index contributed by atoms with van der Waals surface area (Å²) >= 11 is 1.35. The van der Waals surface area contributed by atoms with Gasteiger partial charge < -0.3 is 0 Å². The fourth-order valence-corrected chi connectivity index (χ4v) is 3.56. The van der Waals surface area contributed by atoms with Crippen LogP contribution in [0.3, 0.4) is 0 Å². The minimum atomic E-state index is -4.35. The predicted octanol–water partition coefficient (Wildman–Crippen LogP) is 5.75. The maximum atomic E-state index is 12.9. The molecule has 140 valence electrons. The summed E-state index contributed by atoms with van der Waals surface area (Å²) in [5, 5.41) is 9.15. The summed E-state index contributed by atoms with van der Waals surface area (Å²) < 4.78 is 40.5. The van der Waals surface area contributed by atoms with Crippen LogP contribution in [0.2, 0.25) is 0 Å². The van der Waals surface area contributed by atoms with Gasteiger partial charge in [-0.15, -0.1) is 16.8 Å². The highest BCUT2D eigenvalue weighted by Gasteiger charge is 2.30. The molecule has 0 aliphatic carbocycles. The van der Waals surface area contributed by atoms with Crippen molar-refractivity contribution >= 4 is 11.8 Å². The number of thioether (sulfide) groups is 1. The highest BCUT2D eigenvalue weighted by Crippen LogP contribution is 2.31. The van der Waals surface area contributed by atoms with Crippen molar-refractivity contribution in [2.24, 2.45) is 0 Å². The lowest BCUT2D eigenvalue weighted by Gasteiger charge is -2.10. The summed E-state index contributed by atoms with van der Waals surface area (Å²) in [6.07, 6.45) is -2.60. The number of benzene rings is 2. The molecule has 1 heterocycles. The van der Waals surface area contributed by atoms with Gasteiger partial charge in [0.2, 0.25) is 0 Å². The minimum Gasteiger partial charge on any atom is -0.298 e. The topological polar surface area (TPSA) is 30.7 Å². The molecule has 0 radical (unpaired) electrons. The van der Waals surface area contributed by atoms with Gasteiger partial charge in [-0.2, -0.15) is 13.2 Å². The SMILES string of the molecule is C=CCn1c(SCc2cccc(C(F)(F)F)c2)nnc1-c1cccc(C)c1. The first kappa shape index (κ1) is 19.2. The highest BCUT2D eigenvalue weighted by molar-refractivity contribution is 7.98. The fraction of sp³-hybridized carbons (Fsp3) is 0.200. The lowest BCUT2D eigenvalue weighted by Crippen LogP contribution is -2.05. The first-order valence-corrected chi connectivity index (χ1v) is 9.27. The third kappa shape index (κ3) is 4.60. The van der Waals surface area contributed by atoms with E-state index >= 15 is 0 Å². The number of rotatable bonds is 6. The lowest BCUT2D eigenvalue weighted by molar-refractivity contribution is -0.137. The van der Waals surface area contributed by atoms with Crippen molar-refractivity contribution < 1.29 is 13.2 Å². The third-order valence-electron chi connectivity index (χ3n) is 3.93. The van der Waals surface area contributed by atoms with Crippen molar-refractivity contribution in [2.75, 3.05) is 0 Å². The monoisotopic (exact) mass is 389 g/mol. The Hall–Kier alpha value is -2.54. The van der Waals surface area contributed by atoms with Crippen LogP contribution in [0.4, 0.5) is 13.2 Å². The van der Waals surface area contributed by atoms with E-state index in [9.17, 15) is 13.2 Å². The van der Waals surface area contributed by atoms with Gasteiger partial charge in [0, 0.05) is 17.9 Å². The maximum Gasteiger partial charge on any atom is 0.416 e. The van der Waals surface area contributed by atoms with E-state index in [1.807, 2.05) is 35.8 Å². The molecule has 0 unspecified atom stereocenters. The highest BCUT2D eigenvalue weighted by atomic mass is 32.2. The van der Waals surface area contributed by atoms with Gasteiger partial charge in [0.05, 0.1) is 5.56 Å². The number of allylic oxidation sites excluding steroid dienone is 1. The second-order valence-corrected chi connectivity index (χ2v) is 7.00. The van der Waals surface area contributed by atoms with Crippen molar-refractivity contribution in [1.82, 2.24) is 14.8 Å². The van der Waals surface area contributed by atoms with Crippen molar-refractivity contribution in [3.05, 3.63) is 77.9 Å². The van der Waals surface area contributed by atoms with Gasteiger partial charge in [0.1, 0.15) is 0 Å². The normalized spacial score (nSPS) is 11.6. The molecule has 27 heavy (non-hydrogen) atoms. The zero-order valence-corrected chi connectivity index (χ0v) is 15.5. The summed E-state index contributed by atoms with van der Waals surface area (Å²) in [6.45, 7) is 6.29. The van der Waals surface area contributed by atoms with Gasteiger partial charge in [-0.25, -0.2) is 0 Å². The molecule has 0 N–H and O–H groups in total. The molecule has 0 saturated heterocycles. The van der Waals surface area contributed by atoms with Crippen LogP contribution in [0, 0.1) is 6.92 Å². The third-order valence-corrected chi connectivity index (χ3v) is 4.96. The molecule has 2 aromatic carbocycles. The first-order chi connectivity index (χ1) is 12.9. The smallest absolute Gasteiger partial charge is 0.298 e. The molecule has 0 saturated carbocycles. The molecule has 1 aromatic heterocycles. The van der Waals surface area contributed by atoms with Crippen molar-refractivity contribution in [2.45, 2.75) is 30.6 Å². The van der Waals surface area contributed by atoms with Gasteiger partial charge in [0.15, 0.2) is 11.0 Å². The van der Waals surface area contributed by atoms with E-state index < -0.39 is 11.7 Å². The molecule has 0 fully saturated rings. The van der Waals surface area contributed by atoms with Gasteiger partial charge in [-0.05, 0) is 24.6 Å². The molecule has 0 aliphatic rings. The number of hydrogen-bond donors (Lipinski definition) is 0. The largest absolute Gasteiger partial charge is 0.416 e. The molecule has 0 spiro atoms. The van der Waals surface area contributed by atoms with Crippen LogP contribution in [0.25, 0.3) is 11.4 Å². The van der Waals surface area contributed by atoms with Crippen LogP contribution in [-0.2, 0) is 18.5 Å². The lowest BCUT2D eigenvalue weighted by atomic mass is 10.1. The van der Waals surface area contributed by atoms with E-state index in [1.165, 1.54) is 23.9 Å². The van der Waals surface area contributed by atoms with E-state index in [-0.39, 0.29) is 0 Å². The quantitative estimate of drug-likeness (QED) is 0.397. The Morgan fingerprint density at radius 1 is 1.11 bits per heavy atom. The van der Waals surface area contributed by atoms with Crippen LogP contribution in [-0.4, -0.2) is 14.8 Å². The molecule has 7 heteroatoms. The average Bonchev–Trinajstić information content (AvgIpc) is 3.03. The van der Waals surface area contributed by atoms with Crippen LogP contribution in [0.1, 0.15) is 16.7 Å². The van der Waals surface area contributed by atoms with Gasteiger partial charge in [-0.3, -0.25) is 4.57 Å². The van der Waals surface area contributed by atoms with E-state index in [0.717, 1.165) is 17.2 Å². The second-order valence-electron chi connectivity index (χ2n) is 6.06. The summed E-state index contributed by atoms with van der Waals surface area (Å²) in [6, 6.07) is 13.3. The predicted molar refractivity (Wildman–Crippen MR) is 101 cm³/mol. The molecule has 3 rings (SSSR count). The first-order valence-electron chi connectivity index (χ1n) is 8.28. The number of halogens is 3.